The average molecular weight is 413 g/mol. The van der Waals surface area contributed by atoms with Crippen molar-refractivity contribution in [1.82, 2.24) is 9.80 Å². The Bertz CT molecular complexity index is 706. The molecule has 0 radical (unpaired) electrons. The maximum Gasteiger partial charge on any atom is 0.253 e. The summed E-state index contributed by atoms with van der Waals surface area (Å²) in [5.41, 5.74) is 0.727. The fourth-order valence-electron chi connectivity index (χ4n) is 5.27. The first-order chi connectivity index (χ1) is 14.7. The predicted octanol–water partition coefficient (Wildman–Crippen LogP) is 4.65. The van der Waals surface area contributed by atoms with Crippen LogP contribution >= 0.6 is 0 Å². The number of hydrogen-bond acceptors (Lipinski definition) is 3. The Labute approximate surface area is 180 Å². The minimum atomic E-state index is 0.115. The van der Waals surface area contributed by atoms with Crippen LogP contribution < -0.4 is 4.74 Å². The zero-order valence-corrected chi connectivity index (χ0v) is 18.2. The Morgan fingerprint density at radius 3 is 2.33 bits per heavy atom. The molecule has 3 aliphatic rings. The van der Waals surface area contributed by atoms with Crippen molar-refractivity contribution in [3.8, 4) is 5.75 Å². The third-order valence-corrected chi connectivity index (χ3v) is 7.13. The summed E-state index contributed by atoms with van der Waals surface area (Å²) in [4.78, 5) is 29.2. The summed E-state index contributed by atoms with van der Waals surface area (Å²) < 4.78 is 6.01. The molecule has 1 saturated carbocycles. The topological polar surface area (TPSA) is 49.9 Å². The van der Waals surface area contributed by atoms with Crippen molar-refractivity contribution < 1.29 is 14.3 Å². The molecule has 1 unspecified atom stereocenters. The number of carbonyl (C=O) groups excluding carboxylic acids is 2. The Kier molecular flexibility index (Phi) is 7.29. The SMILES string of the molecule is O=C(c1ccc(OCC2CCCN2C(=O)CCC2CCCCC2)cc1)N1CCCC1. The van der Waals surface area contributed by atoms with Crippen LogP contribution in [0.3, 0.4) is 0 Å². The molecule has 3 fully saturated rings. The lowest BCUT2D eigenvalue weighted by atomic mass is 9.86. The van der Waals surface area contributed by atoms with Crippen LogP contribution in [0.5, 0.6) is 5.75 Å². The Balaban J connectivity index is 1.24. The van der Waals surface area contributed by atoms with Gasteiger partial charge in [0.25, 0.3) is 5.91 Å². The summed E-state index contributed by atoms with van der Waals surface area (Å²) in [7, 11) is 0. The fourth-order valence-corrected chi connectivity index (χ4v) is 5.27. The molecule has 5 heteroatoms. The molecule has 2 amide bonds. The van der Waals surface area contributed by atoms with E-state index in [9.17, 15) is 9.59 Å². The monoisotopic (exact) mass is 412 g/mol. The quantitative estimate of drug-likeness (QED) is 0.655. The largest absolute Gasteiger partial charge is 0.491 e. The molecule has 4 rings (SSSR count). The Hall–Kier alpha value is -2.04. The lowest BCUT2D eigenvalue weighted by Gasteiger charge is -2.27. The molecule has 30 heavy (non-hydrogen) atoms. The number of rotatable bonds is 7. The lowest BCUT2D eigenvalue weighted by Crippen LogP contribution is -2.39. The van der Waals surface area contributed by atoms with Crippen LogP contribution in [0.15, 0.2) is 24.3 Å². The lowest BCUT2D eigenvalue weighted by molar-refractivity contribution is -0.132. The van der Waals surface area contributed by atoms with E-state index in [4.69, 9.17) is 4.74 Å². The summed E-state index contributed by atoms with van der Waals surface area (Å²) in [6.07, 6.45) is 12.7. The van der Waals surface area contributed by atoms with Gasteiger partial charge in [-0.15, -0.1) is 0 Å². The molecule has 2 saturated heterocycles. The molecule has 1 aliphatic carbocycles. The molecule has 0 bridgehead atoms. The molecule has 1 aromatic carbocycles. The number of benzene rings is 1. The molecule has 1 aromatic rings. The van der Waals surface area contributed by atoms with Gasteiger partial charge in [0.05, 0.1) is 6.04 Å². The van der Waals surface area contributed by atoms with E-state index in [2.05, 4.69) is 0 Å². The second-order valence-corrected chi connectivity index (χ2v) is 9.26. The second-order valence-electron chi connectivity index (χ2n) is 9.26. The number of nitrogens with zero attached hydrogens (tertiary/aromatic N) is 2. The van der Waals surface area contributed by atoms with Gasteiger partial charge in [-0.3, -0.25) is 9.59 Å². The van der Waals surface area contributed by atoms with Crippen LogP contribution in [0.2, 0.25) is 0 Å². The number of ether oxygens (including phenoxy) is 1. The van der Waals surface area contributed by atoms with Crippen molar-refractivity contribution in [1.29, 1.82) is 0 Å². The highest BCUT2D eigenvalue weighted by atomic mass is 16.5. The second kappa shape index (κ2) is 10.3. The Morgan fingerprint density at radius 1 is 0.867 bits per heavy atom. The summed E-state index contributed by atoms with van der Waals surface area (Å²) >= 11 is 0. The first-order valence-corrected chi connectivity index (χ1v) is 12.0. The van der Waals surface area contributed by atoms with Crippen molar-refractivity contribution in [3.63, 3.8) is 0 Å². The third-order valence-electron chi connectivity index (χ3n) is 7.13. The van der Waals surface area contributed by atoms with Crippen LogP contribution in [0.1, 0.15) is 81.0 Å². The predicted molar refractivity (Wildman–Crippen MR) is 118 cm³/mol. The van der Waals surface area contributed by atoms with Gasteiger partial charge in [-0.1, -0.05) is 32.1 Å². The van der Waals surface area contributed by atoms with Crippen LogP contribution in [-0.4, -0.2) is 53.9 Å². The fraction of sp³-hybridized carbons (Fsp3) is 0.680. The highest BCUT2D eigenvalue weighted by molar-refractivity contribution is 5.94. The van der Waals surface area contributed by atoms with Crippen LogP contribution in [0, 0.1) is 5.92 Å². The normalized spacial score (nSPS) is 22.5. The molecule has 164 valence electrons. The summed E-state index contributed by atoms with van der Waals surface area (Å²) in [5, 5.41) is 0. The van der Waals surface area contributed by atoms with E-state index in [1.54, 1.807) is 0 Å². The smallest absolute Gasteiger partial charge is 0.253 e. The zero-order chi connectivity index (χ0) is 20.8. The van der Waals surface area contributed by atoms with E-state index in [-0.39, 0.29) is 11.9 Å². The van der Waals surface area contributed by atoms with Gasteiger partial charge in [-0.2, -0.15) is 0 Å². The first kappa shape index (κ1) is 21.2. The van der Waals surface area contributed by atoms with Crippen LogP contribution in [0.4, 0.5) is 0 Å². The third kappa shape index (κ3) is 5.35. The van der Waals surface area contributed by atoms with Gasteiger partial charge < -0.3 is 14.5 Å². The molecule has 2 heterocycles. The van der Waals surface area contributed by atoms with Gasteiger partial charge in [0.15, 0.2) is 0 Å². The average Bonchev–Trinajstić information content (AvgIpc) is 3.49. The van der Waals surface area contributed by atoms with Gasteiger partial charge in [-0.25, -0.2) is 0 Å². The minimum Gasteiger partial charge on any atom is -0.491 e. The summed E-state index contributed by atoms with van der Waals surface area (Å²) in [5.74, 6) is 1.94. The van der Waals surface area contributed by atoms with E-state index in [1.165, 1.54) is 32.1 Å². The van der Waals surface area contributed by atoms with Crippen molar-refractivity contribution >= 4 is 11.8 Å². The van der Waals surface area contributed by atoms with Crippen molar-refractivity contribution in [3.05, 3.63) is 29.8 Å². The molecule has 5 nitrogen and oxygen atoms in total. The molecule has 0 spiro atoms. The van der Waals surface area contributed by atoms with Gasteiger partial charge in [-0.05, 0) is 62.3 Å². The van der Waals surface area contributed by atoms with Crippen molar-refractivity contribution in [2.75, 3.05) is 26.2 Å². The van der Waals surface area contributed by atoms with E-state index in [1.807, 2.05) is 34.1 Å². The van der Waals surface area contributed by atoms with Crippen molar-refractivity contribution in [2.24, 2.45) is 5.92 Å². The molecule has 0 aromatic heterocycles. The van der Waals surface area contributed by atoms with E-state index in [0.29, 0.717) is 18.9 Å². The summed E-state index contributed by atoms with van der Waals surface area (Å²) in [6, 6.07) is 7.66. The molecule has 2 aliphatic heterocycles. The van der Waals surface area contributed by atoms with Gasteiger partial charge in [0.1, 0.15) is 12.4 Å². The standard InChI is InChI=1S/C25H36N2O3/c28-24(15-10-20-7-2-1-3-8-20)27-18-6-9-22(27)19-30-23-13-11-21(12-14-23)25(29)26-16-4-5-17-26/h11-14,20,22H,1-10,15-19H2. The van der Waals surface area contributed by atoms with Crippen LogP contribution in [-0.2, 0) is 4.79 Å². The minimum absolute atomic E-state index is 0.115. The van der Waals surface area contributed by atoms with Gasteiger partial charge in [0.2, 0.25) is 5.91 Å². The van der Waals surface area contributed by atoms with E-state index >= 15 is 0 Å². The Morgan fingerprint density at radius 2 is 1.60 bits per heavy atom. The first-order valence-electron chi connectivity index (χ1n) is 12.0. The number of likely N-dealkylation sites (tertiary alicyclic amines) is 2. The van der Waals surface area contributed by atoms with Crippen LogP contribution in [0.25, 0.3) is 0 Å². The summed E-state index contributed by atoms with van der Waals surface area (Å²) in [6.45, 7) is 3.13. The van der Waals surface area contributed by atoms with E-state index in [0.717, 1.165) is 69.0 Å². The number of hydrogen-bond donors (Lipinski definition) is 0. The molecular weight excluding hydrogens is 376 g/mol. The van der Waals surface area contributed by atoms with E-state index < -0.39 is 0 Å². The maximum absolute atomic E-state index is 12.8. The molecule has 1 atom stereocenters. The molecular formula is C25H36N2O3. The zero-order valence-electron chi connectivity index (χ0n) is 18.2. The van der Waals surface area contributed by atoms with Gasteiger partial charge in [0, 0.05) is 31.6 Å². The molecule has 0 N–H and O–H groups in total. The number of carbonyl (C=O) groups is 2. The number of amides is 2. The highest BCUT2D eigenvalue weighted by Gasteiger charge is 2.29. The van der Waals surface area contributed by atoms with Gasteiger partial charge >= 0.3 is 0 Å². The maximum atomic E-state index is 12.8. The van der Waals surface area contributed by atoms with Crippen molar-refractivity contribution in [2.45, 2.75) is 76.7 Å². The highest BCUT2D eigenvalue weighted by Crippen LogP contribution is 2.28.